The van der Waals surface area contributed by atoms with Gasteiger partial charge in [0.2, 0.25) is 5.91 Å². The van der Waals surface area contributed by atoms with Crippen LogP contribution in [0.5, 0.6) is 11.5 Å². The number of methoxy groups -OCH3 is 2. The molecule has 0 aliphatic rings. The van der Waals surface area contributed by atoms with E-state index in [1.165, 1.54) is 24.1 Å². The van der Waals surface area contributed by atoms with Gasteiger partial charge in [-0.1, -0.05) is 0 Å². The molecule has 1 aromatic heterocycles. The van der Waals surface area contributed by atoms with Crippen molar-refractivity contribution in [2.45, 2.75) is 6.92 Å². The Morgan fingerprint density at radius 3 is 2.69 bits per heavy atom. The molecule has 2 rings (SSSR count). The SMILES string of the molecule is CCOC(=O)c1cnn(C)c1NC(=O)/C=C/c1ccc(OC)cc1OC. The first-order valence-electron chi connectivity index (χ1n) is 7.90. The fraction of sp³-hybridized carbons (Fsp3) is 0.278. The summed E-state index contributed by atoms with van der Waals surface area (Å²) in [4.78, 5) is 24.1. The monoisotopic (exact) mass is 359 g/mol. The van der Waals surface area contributed by atoms with Gasteiger partial charge in [0.25, 0.3) is 0 Å². The number of rotatable bonds is 7. The van der Waals surface area contributed by atoms with Crippen LogP contribution in [0.25, 0.3) is 6.08 Å². The first-order valence-corrected chi connectivity index (χ1v) is 7.90. The van der Waals surface area contributed by atoms with E-state index in [9.17, 15) is 9.59 Å². The molecule has 1 N–H and O–H groups in total. The van der Waals surface area contributed by atoms with Crippen molar-refractivity contribution in [3.63, 3.8) is 0 Å². The van der Waals surface area contributed by atoms with E-state index in [1.807, 2.05) is 0 Å². The molecule has 0 bridgehead atoms. The van der Waals surface area contributed by atoms with Crippen LogP contribution in [-0.2, 0) is 16.6 Å². The van der Waals surface area contributed by atoms with Crippen LogP contribution in [0.15, 0.2) is 30.5 Å². The highest BCUT2D eigenvalue weighted by molar-refractivity contribution is 6.05. The Morgan fingerprint density at radius 2 is 2.04 bits per heavy atom. The number of carbonyl (C=O) groups excluding carboxylic acids is 2. The van der Waals surface area contributed by atoms with Gasteiger partial charge in [0.05, 0.1) is 27.0 Å². The van der Waals surface area contributed by atoms with E-state index in [2.05, 4.69) is 10.4 Å². The molecule has 8 nitrogen and oxygen atoms in total. The number of carbonyl (C=O) groups is 2. The van der Waals surface area contributed by atoms with Crippen molar-refractivity contribution in [2.24, 2.45) is 7.05 Å². The number of amides is 1. The van der Waals surface area contributed by atoms with Crippen molar-refractivity contribution in [2.75, 3.05) is 26.1 Å². The van der Waals surface area contributed by atoms with Gasteiger partial charge in [0, 0.05) is 24.8 Å². The van der Waals surface area contributed by atoms with Gasteiger partial charge in [0.1, 0.15) is 22.9 Å². The highest BCUT2D eigenvalue weighted by atomic mass is 16.5. The normalized spacial score (nSPS) is 10.6. The molecule has 0 aliphatic carbocycles. The maximum atomic E-state index is 12.2. The lowest BCUT2D eigenvalue weighted by Gasteiger charge is -2.08. The molecule has 0 unspecified atom stereocenters. The molecule has 0 saturated carbocycles. The summed E-state index contributed by atoms with van der Waals surface area (Å²) in [7, 11) is 4.72. The maximum Gasteiger partial charge on any atom is 0.343 e. The van der Waals surface area contributed by atoms with Crippen LogP contribution in [0.2, 0.25) is 0 Å². The molecule has 1 aromatic carbocycles. The zero-order valence-electron chi connectivity index (χ0n) is 15.1. The maximum absolute atomic E-state index is 12.2. The minimum absolute atomic E-state index is 0.193. The van der Waals surface area contributed by atoms with Gasteiger partial charge in [-0.3, -0.25) is 9.48 Å². The average molecular weight is 359 g/mol. The zero-order chi connectivity index (χ0) is 19.1. The molecule has 2 aromatic rings. The van der Waals surface area contributed by atoms with Crippen LogP contribution in [0.3, 0.4) is 0 Å². The molecular formula is C18H21N3O5. The number of ether oxygens (including phenoxy) is 3. The first kappa shape index (κ1) is 19.0. The van der Waals surface area contributed by atoms with Crippen molar-refractivity contribution in [3.8, 4) is 11.5 Å². The predicted octanol–water partition coefficient (Wildman–Crippen LogP) is 2.27. The second-order valence-corrected chi connectivity index (χ2v) is 5.18. The van der Waals surface area contributed by atoms with E-state index in [0.717, 1.165) is 0 Å². The Bertz CT molecular complexity index is 826. The van der Waals surface area contributed by atoms with Crippen molar-refractivity contribution in [3.05, 3.63) is 41.6 Å². The number of hydrogen-bond donors (Lipinski definition) is 1. The second-order valence-electron chi connectivity index (χ2n) is 5.18. The molecule has 1 amide bonds. The molecule has 0 fully saturated rings. The van der Waals surface area contributed by atoms with Gasteiger partial charge in [-0.15, -0.1) is 0 Å². The molecule has 0 saturated heterocycles. The Hall–Kier alpha value is -3.29. The van der Waals surface area contributed by atoms with Crippen LogP contribution in [0.4, 0.5) is 5.82 Å². The summed E-state index contributed by atoms with van der Waals surface area (Å²) in [5.74, 6) is 0.520. The fourth-order valence-electron chi connectivity index (χ4n) is 2.22. The predicted molar refractivity (Wildman–Crippen MR) is 96.4 cm³/mol. The fourth-order valence-corrected chi connectivity index (χ4v) is 2.22. The lowest BCUT2D eigenvalue weighted by molar-refractivity contribution is -0.111. The van der Waals surface area contributed by atoms with Crippen molar-refractivity contribution in [1.29, 1.82) is 0 Å². The van der Waals surface area contributed by atoms with Gasteiger partial charge in [-0.25, -0.2) is 4.79 Å². The highest BCUT2D eigenvalue weighted by Gasteiger charge is 2.18. The van der Waals surface area contributed by atoms with E-state index in [0.29, 0.717) is 17.1 Å². The Kier molecular flexibility index (Phi) is 6.37. The standard InChI is InChI=1S/C18H21N3O5/c1-5-26-18(23)14-11-19-21(2)17(14)20-16(22)9-7-12-6-8-13(24-3)10-15(12)25-4/h6-11H,5H2,1-4H3,(H,20,22)/b9-7+. The molecule has 26 heavy (non-hydrogen) atoms. The van der Waals surface area contributed by atoms with E-state index in [4.69, 9.17) is 14.2 Å². The van der Waals surface area contributed by atoms with Crippen molar-refractivity contribution >= 4 is 23.8 Å². The third-order valence-electron chi connectivity index (χ3n) is 3.53. The van der Waals surface area contributed by atoms with Crippen LogP contribution in [-0.4, -0.2) is 42.5 Å². The van der Waals surface area contributed by atoms with Crippen LogP contribution in [0, 0.1) is 0 Å². The Labute approximate surface area is 151 Å². The molecule has 0 spiro atoms. The molecular weight excluding hydrogens is 338 g/mol. The number of nitrogens with one attached hydrogen (secondary N) is 1. The van der Waals surface area contributed by atoms with Gasteiger partial charge in [-0.2, -0.15) is 5.10 Å². The number of anilines is 1. The molecule has 8 heteroatoms. The van der Waals surface area contributed by atoms with E-state index in [1.54, 1.807) is 45.4 Å². The summed E-state index contributed by atoms with van der Waals surface area (Å²) in [5, 5.41) is 6.62. The molecule has 0 aliphatic heterocycles. The topological polar surface area (TPSA) is 91.7 Å². The Morgan fingerprint density at radius 1 is 1.27 bits per heavy atom. The van der Waals surface area contributed by atoms with Crippen LogP contribution in [0.1, 0.15) is 22.8 Å². The van der Waals surface area contributed by atoms with E-state index < -0.39 is 11.9 Å². The lowest BCUT2D eigenvalue weighted by Crippen LogP contribution is -2.15. The summed E-state index contributed by atoms with van der Waals surface area (Å²) in [5.41, 5.74) is 0.900. The third-order valence-corrected chi connectivity index (χ3v) is 3.53. The van der Waals surface area contributed by atoms with E-state index >= 15 is 0 Å². The van der Waals surface area contributed by atoms with Crippen molar-refractivity contribution < 1.29 is 23.8 Å². The molecule has 0 atom stereocenters. The number of benzene rings is 1. The Balaban J connectivity index is 2.16. The summed E-state index contributed by atoms with van der Waals surface area (Å²) >= 11 is 0. The van der Waals surface area contributed by atoms with Gasteiger partial charge >= 0.3 is 5.97 Å². The molecule has 1 heterocycles. The number of esters is 1. The minimum Gasteiger partial charge on any atom is -0.497 e. The average Bonchev–Trinajstić information content (AvgIpc) is 3.00. The zero-order valence-corrected chi connectivity index (χ0v) is 15.1. The van der Waals surface area contributed by atoms with Gasteiger partial charge < -0.3 is 19.5 Å². The molecule has 0 radical (unpaired) electrons. The minimum atomic E-state index is -0.545. The van der Waals surface area contributed by atoms with Crippen LogP contribution >= 0.6 is 0 Å². The number of nitrogens with zero attached hydrogens (tertiary/aromatic N) is 2. The summed E-state index contributed by atoms with van der Waals surface area (Å²) in [6.07, 6.45) is 4.30. The highest BCUT2D eigenvalue weighted by Crippen LogP contribution is 2.25. The summed E-state index contributed by atoms with van der Waals surface area (Å²) in [6, 6.07) is 5.26. The quantitative estimate of drug-likeness (QED) is 0.602. The lowest BCUT2D eigenvalue weighted by atomic mass is 10.1. The number of aromatic nitrogens is 2. The van der Waals surface area contributed by atoms with Gasteiger partial charge in [0.15, 0.2) is 0 Å². The van der Waals surface area contributed by atoms with Crippen molar-refractivity contribution in [1.82, 2.24) is 9.78 Å². The smallest absolute Gasteiger partial charge is 0.343 e. The first-order chi connectivity index (χ1) is 12.5. The number of aryl methyl sites for hydroxylation is 1. The van der Waals surface area contributed by atoms with E-state index in [-0.39, 0.29) is 18.0 Å². The third kappa shape index (κ3) is 4.41. The van der Waals surface area contributed by atoms with Gasteiger partial charge in [-0.05, 0) is 25.1 Å². The second kappa shape index (κ2) is 8.70. The number of hydrogen-bond acceptors (Lipinski definition) is 6. The van der Waals surface area contributed by atoms with Crippen LogP contribution < -0.4 is 14.8 Å². The summed E-state index contributed by atoms with van der Waals surface area (Å²) < 4.78 is 16.8. The summed E-state index contributed by atoms with van der Waals surface area (Å²) in [6.45, 7) is 1.94. The largest absolute Gasteiger partial charge is 0.497 e. The molecule has 138 valence electrons.